The molecule has 13 heteroatoms. The maximum absolute atomic E-state index is 14.1. The summed E-state index contributed by atoms with van der Waals surface area (Å²) in [5, 5.41) is 14.9. The van der Waals surface area contributed by atoms with Crippen molar-refractivity contribution in [3.63, 3.8) is 0 Å². The third-order valence-electron chi connectivity index (χ3n) is 6.30. The molecule has 1 aromatic heterocycles. The number of thioether (sulfide) groups is 1. The van der Waals surface area contributed by atoms with Gasteiger partial charge >= 0.3 is 0 Å². The standard InChI is InChI=1S/C25H24FN5O5S2/c1-13(2)7-8-31-18-6-3-14(26)11-16(18)21(32)20(24(31)34)23-28-17-5-4-15(12-19(17)38(35,36)29-23)30-9-10-37-25(30)22(27)33/h3-6,9-13,25,32H,7-8H2,1-2H3,(H2,27,33)(H,28,29). The minimum Gasteiger partial charge on any atom is -0.506 e. The molecule has 0 radical (unpaired) electrons. The highest BCUT2D eigenvalue weighted by atomic mass is 32.2. The normalized spacial score (nSPS) is 17.9. The van der Waals surface area contributed by atoms with Crippen molar-refractivity contribution in [3.05, 3.63) is 69.7 Å². The summed E-state index contributed by atoms with van der Waals surface area (Å²) >= 11 is 1.19. The number of fused-ring (bicyclic) bond motifs is 2. The number of carbonyl (C=O) groups excluding carboxylic acids is 1. The second kappa shape index (κ2) is 9.48. The second-order valence-electron chi connectivity index (χ2n) is 9.33. The average Bonchev–Trinajstić information content (AvgIpc) is 3.34. The van der Waals surface area contributed by atoms with Crippen molar-refractivity contribution in [1.82, 2.24) is 4.57 Å². The van der Waals surface area contributed by atoms with Gasteiger partial charge in [0.1, 0.15) is 22.0 Å². The van der Waals surface area contributed by atoms with E-state index in [9.17, 15) is 27.5 Å². The Morgan fingerprint density at radius 1 is 1.26 bits per heavy atom. The maximum Gasteiger partial charge on any atom is 0.286 e. The van der Waals surface area contributed by atoms with Crippen LogP contribution in [0.25, 0.3) is 10.9 Å². The molecule has 4 N–H and O–H groups in total. The maximum atomic E-state index is 14.1. The zero-order chi connectivity index (χ0) is 27.4. The fourth-order valence-electron chi connectivity index (χ4n) is 4.40. The summed E-state index contributed by atoms with van der Waals surface area (Å²) in [6.07, 6.45) is 2.24. The van der Waals surface area contributed by atoms with Crippen LogP contribution in [0.4, 0.5) is 15.8 Å². The number of primary amides is 1. The van der Waals surface area contributed by atoms with Crippen LogP contribution >= 0.6 is 11.8 Å². The molecule has 0 spiro atoms. The number of amidine groups is 1. The molecule has 1 amide bonds. The highest BCUT2D eigenvalue weighted by Crippen LogP contribution is 2.37. The first-order valence-corrected chi connectivity index (χ1v) is 14.1. The molecule has 38 heavy (non-hydrogen) atoms. The molecule has 2 aliphatic heterocycles. The van der Waals surface area contributed by atoms with Crippen LogP contribution in [0.1, 0.15) is 25.8 Å². The highest BCUT2D eigenvalue weighted by Gasteiger charge is 2.32. The lowest BCUT2D eigenvalue weighted by molar-refractivity contribution is -0.117. The topological polar surface area (TPSA) is 147 Å². The number of benzene rings is 2. The first-order chi connectivity index (χ1) is 18.0. The van der Waals surface area contributed by atoms with Gasteiger partial charge in [0.15, 0.2) is 11.2 Å². The van der Waals surface area contributed by atoms with E-state index >= 15 is 0 Å². The summed E-state index contributed by atoms with van der Waals surface area (Å²) in [6, 6.07) is 8.10. The zero-order valence-electron chi connectivity index (χ0n) is 20.4. The van der Waals surface area contributed by atoms with E-state index in [-0.39, 0.29) is 39.8 Å². The molecule has 0 saturated heterocycles. The van der Waals surface area contributed by atoms with E-state index in [1.165, 1.54) is 40.6 Å². The summed E-state index contributed by atoms with van der Waals surface area (Å²) in [5.74, 6) is -1.91. The number of nitrogens with one attached hydrogen (secondary N) is 1. The number of nitrogens with zero attached hydrogens (tertiary/aromatic N) is 3. The SMILES string of the molecule is CC(C)CCn1c(=O)c(C2=NS(=O)(=O)c3cc(N4C=CSC4C(N)=O)ccc3N2)c(O)c2cc(F)ccc21. The number of carbonyl (C=O) groups is 1. The number of halogens is 1. The molecule has 0 aliphatic carbocycles. The number of aromatic nitrogens is 1. The zero-order valence-corrected chi connectivity index (χ0v) is 22.0. The first-order valence-electron chi connectivity index (χ1n) is 11.7. The van der Waals surface area contributed by atoms with Crippen LogP contribution in [-0.4, -0.2) is 35.2 Å². The molecule has 2 aliphatic rings. The van der Waals surface area contributed by atoms with Gasteiger partial charge < -0.3 is 25.6 Å². The van der Waals surface area contributed by atoms with E-state index in [1.807, 2.05) is 13.8 Å². The Morgan fingerprint density at radius 2 is 2.03 bits per heavy atom. The monoisotopic (exact) mass is 557 g/mol. The molecule has 1 unspecified atom stereocenters. The second-order valence-corrected chi connectivity index (χ2v) is 11.9. The molecule has 1 atom stereocenters. The Hall–Kier alpha value is -3.84. The third kappa shape index (κ3) is 4.41. The van der Waals surface area contributed by atoms with Crippen molar-refractivity contribution in [1.29, 1.82) is 0 Å². The number of hydrogen-bond donors (Lipinski definition) is 3. The lowest BCUT2D eigenvalue weighted by Gasteiger charge is -2.25. The lowest BCUT2D eigenvalue weighted by Crippen LogP contribution is -2.37. The number of aryl methyl sites for hydroxylation is 1. The Bertz CT molecular complexity index is 1720. The van der Waals surface area contributed by atoms with Gasteiger partial charge in [0.05, 0.1) is 11.2 Å². The van der Waals surface area contributed by atoms with Gasteiger partial charge in [-0.15, -0.1) is 4.40 Å². The molecule has 10 nitrogen and oxygen atoms in total. The molecular formula is C25H24FN5O5S2. The Labute approximate surface area is 221 Å². The van der Waals surface area contributed by atoms with Gasteiger partial charge in [0, 0.05) is 23.8 Å². The molecule has 0 fully saturated rings. The number of amides is 1. The van der Waals surface area contributed by atoms with Crippen LogP contribution < -0.4 is 21.5 Å². The number of rotatable bonds is 6. The van der Waals surface area contributed by atoms with Gasteiger partial charge in [-0.05, 0) is 54.1 Å². The van der Waals surface area contributed by atoms with Crippen molar-refractivity contribution in [2.24, 2.45) is 16.0 Å². The van der Waals surface area contributed by atoms with Crippen molar-refractivity contribution in [2.75, 3.05) is 10.2 Å². The molecule has 0 bridgehead atoms. The highest BCUT2D eigenvalue weighted by molar-refractivity contribution is 8.03. The van der Waals surface area contributed by atoms with E-state index in [2.05, 4.69) is 9.71 Å². The van der Waals surface area contributed by atoms with Crippen molar-refractivity contribution in [2.45, 2.75) is 37.1 Å². The van der Waals surface area contributed by atoms with E-state index < -0.39 is 38.4 Å². The predicted octanol–water partition coefficient (Wildman–Crippen LogP) is 3.29. The summed E-state index contributed by atoms with van der Waals surface area (Å²) in [6.45, 7) is 4.25. The summed E-state index contributed by atoms with van der Waals surface area (Å²) in [5.41, 5.74) is 5.26. The van der Waals surface area contributed by atoms with Crippen LogP contribution in [0.5, 0.6) is 5.75 Å². The molecule has 3 heterocycles. The van der Waals surface area contributed by atoms with Crippen molar-refractivity contribution in [3.8, 4) is 5.75 Å². The van der Waals surface area contributed by atoms with E-state index in [4.69, 9.17) is 5.73 Å². The smallest absolute Gasteiger partial charge is 0.286 e. The summed E-state index contributed by atoms with van der Waals surface area (Å²) < 4.78 is 45.9. The Balaban J connectivity index is 1.64. The van der Waals surface area contributed by atoms with Gasteiger partial charge in [-0.3, -0.25) is 9.59 Å². The number of hydrogen-bond acceptors (Lipinski definition) is 8. The van der Waals surface area contributed by atoms with Crippen molar-refractivity contribution < 1.29 is 22.7 Å². The number of sulfonamides is 1. The Kier molecular flexibility index (Phi) is 6.43. The molecule has 2 aromatic carbocycles. The first kappa shape index (κ1) is 25.8. The molecule has 198 valence electrons. The van der Waals surface area contributed by atoms with E-state index in [1.54, 1.807) is 22.6 Å². The summed E-state index contributed by atoms with van der Waals surface area (Å²) in [4.78, 5) is 26.7. The summed E-state index contributed by atoms with van der Waals surface area (Å²) in [7, 11) is -4.34. The van der Waals surface area contributed by atoms with Crippen LogP contribution in [0.2, 0.25) is 0 Å². The van der Waals surface area contributed by atoms with Gasteiger partial charge in [-0.2, -0.15) is 8.42 Å². The van der Waals surface area contributed by atoms with Crippen LogP contribution in [0.15, 0.2) is 62.1 Å². The van der Waals surface area contributed by atoms with Crippen molar-refractivity contribution >= 4 is 55.8 Å². The van der Waals surface area contributed by atoms with E-state index in [0.29, 0.717) is 17.6 Å². The van der Waals surface area contributed by atoms with Crippen LogP contribution in [0.3, 0.4) is 0 Å². The third-order valence-corrected chi connectivity index (χ3v) is 8.61. The number of nitrogens with two attached hydrogens (primary N) is 1. The van der Waals surface area contributed by atoms with Gasteiger partial charge in [0.2, 0.25) is 0 Å². The number of aromatic hydroxyl groups is 1. The van der Waals surface area contributed by atoms with Gasteiger partial charge in [-0.1, -0.05) is 25.6 Å². The number of anilines is 2. The van der Waals surface area contributed by atoms with Gasteiger partial charge in [0.25, 0.3) is 21.5 Å². The minimum atomic E-state index is -4.34. The van der Waals surface area contributed by atoms with Crippen LogP contribution in [-0.2, 0) is 21.4 Å². The quantitative estimate of drug-likeness (QED) is 0.418. The fourth-order valence-corrected chi connectivity index (χ4v) is 6.35. The number of pyridine rings is 1. The largest absolute Gasteiger partial charge is 0.506 e. The predicted molar refractivity (Wildman–Crippen MR) is 145 cm³/mol. The molecule has 5 rings (SSSR count). The Morgan fingerprint density at radius 3 is 2.74 bits per heavy atom. The minimum absolute atomic E-state index is 0.0576. The van der Waals surface area contributed by atoms with Crippen LogP contribution in [0, 0.1) is 11.7 Å². The molecular weight excluding hydrogens is 533 g/mol. The average molecular weight is 558 g/mol. The molecule has 3 aromatic rings. The van der Waals surface area contributed by atoms with E-state index in [0.717, 1.165) is 6.07 Å². The molecule has 0 saturated carbocycles. The van der Waals surface area contributed by atoms with Gasteiger partial charge in [-0.25, -0.2) is 4.39 Å². The lowest BCUT2D eigenvalue weighted by atomic mass is 10.1. The fraction of sp³-hybridized carbons (Fsp3) is 0.240.